The number of aliphatic carboxylic acids is 3. The zero-order valence-electron chi connectivity index (χ0n) is 26.8. The number of carbonyl (C=O) groups excluding carboxylic acids is 1. The van der Waals surface area contributed by atoms with E-state index in [1.165, 1.54) is 109 Å². The highest BCUT2D eigenvalue weighted by atomic mass is 16.4. The first-order valence-electron chi connectivity index (χ1n) is 17.2. The third kappa shape index (κ3) is 26.8. The first-order valence-corrected chi connectivity index (χ1v) is 17.2. The van der Waals surface area contributed by atoms with Crippen LogP contribution in [0.1, 0.15) is 187 Å². The molecule has 0 aromatic carbocycles. The molecule has 0 atom stereocenters. The summed E-state index contributed by atoms with van der Waals surface area (Å²) in [5, 5.41) is 30.2. The summed E-state index contributed by atoms with van der Waals surface area (Å²) in [6.07, 6.45) is 26.5. The Morgan fingerprint density at radius 1 is 0.429 bits per heavy atom. The molecule has 1 amide bonds. The summed E-state index contributed by atoms with van der Waals surface area (Å²) in [5.74, 6) is -3.47. The molecule has 0 spiro atoms. The first kappa shape index (κ1) is 39.9. The molecule has 8 nitrogen and oxygen atoms in total. The summed E-state index contributed by atoms with van der Waals surface area (Å²) >= 11 is 0. The van der Waals surface area contributed by atoms with Crippen molar-refractivity contribution < 1.29 is 34.5 Å². The fraction of sp³-hybridized carbons (Fsp3) is 0.882. The molecule has 0 saturated carbocycles. The highest BCUT2D eigenvalue weighted by Gasteiger charge is 2.33. The summed E-state index contributed by atoms with van der Waals surface area (Å²) in [6, 6.07) is 0. The Morgan fingerprint density at radius 3 is 0.952 bits per heavy atom. The van der Waals surface area contributed by atoms with Crippen molar-refractivity contribution in [2.75, 3.05) is 0 Å². The van der Waals surface area contributed by atoms with Crippen molar-refractivity contribution in [3.8, 4) is 0 Å². The van der Waals surface area contributed by atoms with E-state index < -0.39 is 23.4 Å². The first-order chi connectivity index (χ1) is 20.2. The lowest BCUT2D eigenvalue weighted by Gasteiger charge is -2.34. The number of nitrogens with one attached hydrogen (secondary N) is 1. The predicted octanol–water partition coefficient (Wildman–Crippen LogP) is 9.04. The molecule has 0 unspecified atom stereocenters. The SMILES string of the molecule is CCCCCCCCCCCCCCCCCCCCCCCC(=O)NC(CCC(=O)O)(CCC(=O)O)CCC(=O)O. The van der Waals surface area contributed by atoms with Gasteiger partial charge in [0.15, 0.2) is 0 Å². The molecule has 0 aliphatic rings. The van der Waals surface area contributed by atoms with Gasteiger partial charge >= 0.3 is 17.9 Å². The fourth-order valence-electron chi connectivity index (χ4n) is 5.68. The van der Waals surface area contributed by atoms with E-state index in [0.29, 0.717) is 6.42 Å². The molecule has 246 valence electrons. The molecule has 0 radical (unpaired) electrons. The maximum Gasteiger partial charge on any atom is 0.303 e. The van der Waals surface area contributed by atoms with Crippen LogP contribution in [0, 0.1) is 0 Å². The van der Waals surface area contributed by atoms with E-state index in [-0.39, 0.29) is 50.9 Å². The van der Waals surface area contributed by atoms with Crippen molar-refractivity contribution >= 4 is 23.8 Å². The standard InChI is InChI=1S/C34H63NO7/c1-2-3-4-5-6-7-8-9-10-11-12-13-14-15-16-17-18-19-20-21-22-23-30(36)35-34(27-24-31(37)38,28-25-32(39)40)29-26-33(41)42/h2-29H2,1H3,(H,35,36)(H,37,38)(H,39,40)(H,41,42). The van der Waals surface area contributed by atoms with E-state index in [1.807, 2.05) is 0 Å². The number of carbonyl (C=O) groups is 4. The molecule has 42 heavy (non-hydrogen) atoms. The Morgan fingerprint density at radius 2 is 0.690 bits per heavy atom. The van der Waals surface area contributed by atoms with Crippen LogP contribution in [0.25, 0.3) is 0 Å². The molecular formula is C34H63NO7. The molecule has 0 aromatic heterocycles. The number of unbranched alkanes of at least 4 members (excludes halogenated alkanes) is 20. The van der Waals surface area contributed by atoms with Crippen molar-refractivity contribution in [1.82, 2.24) is 5.32 Å². The van der Waals surface area contributed by atoms with E-state index in [2.05, 4.69) is 12.2 Å². The summed E-state index contributed by atoms with van der Waals surface area (Å²) in [5.41, 5.74) is -1.14. The molecule has 0 rings (SSSR count). The molecule has 4 N–H and O–H groups in total. The largest absolute Gasteiger partial charge is 0.481 e. The predicted molar refractivity (Wildman–Crippen MR) is 169 cm³/mol. The molecular weight excluding hydrogens is 534 g/mol. The highest BCUT2D eigenvalue weighted by molar-refractivity contribution is 5.77. The second-order valence-corrected chi connectivity index (χ2v) is 12.3. The van der Waals surface area contributed by atoms with Gasteiger partial charge in [-0.3, -0.25) is 19.2 Å². The molecule has 0 saturated heterocycles. The second-order valence-electron chi connectivity index (χ2n) is 12.3. The Balaban J connectivity index is 3.88. The van der Waals surface area contributed by atoms with Crippen LogP contribution in [0.5, 0.6) is 0 Å². The van der Waals surface area contributed by atoms with Gasteiger partial charge in [-0.25, -0.2) is 0 Å². The Bertz CT molecular complexity index is 664. The monoisotopic (exact) mass is 597 g/mol. The Hall–Kier alpha value is -2.12. The van der Waals surface area contributed by atoms with E-state index in [1.54, 1.807) is 0 Å². The maximum absolute atomic E-state index is 12.6. The number of amides is 1. The van der Waals surface area contributed by atoms with Crippen molar-refractivity contribution in [2.45, 2.75) is 192 Å². The van der Waals surface area contributed by atoms with Gasteiger partial charge < -0.3 is 20.6 Å². The zero-order chi connectivity index (χ0) is 31.3. The summed E-state index contributed by atoms with van der Waals surface area (Å²) in [7, 11) is 0. The lowest BCUT2D eigenvalue weighted by Crippen LogP contribution is -2.49. The van der Waals surface area contributed by atoms with Crippen LogP contribution in [0.3, 0.4) is 0 Å². The quantitative estimate of drug-likeness (QED) is 0.0567. The van der Waals surface area contributed by atoms with Gasteiger partial charge in [0, 0.05) is 31.2 Å². The lowest BCUT2D eigenvalue weighted by atomic mass is 9.83. The van der Waals surface area contributed by atoms with E-state index >= 15 is 0 Å². The zero-order valence-corrected chi connectivity index (χ0v) is 26.8. The van der Waals surface area contributed by atoms with Gasteiger partial charge in [-0.15, -0.1) is 0 Å². The maximum atomic E-state index is 12.6. The number of carboxylic acid groups (broad SMARTS) is 3. The van der Waals surface area contributed by atoms with Crippen LogP contribution in [-0.4, -0.2) is 44.7 Å². The molecule has 0 aromatic rings. The van der Waals surface area contributed by atoms with Crippen molar-refractivity contribution in [3.05, 3.63) is 0 Å². The van der Waals surface area contributed by atoms with Crippen LogP contribution in [-0.2, 0) is 19.2 Å². The van der Waals surface area contributed by atoms with Gasteiger partial charge in [-0.05, 0) is 25.7 Å². The van der Waals surface area contributed by atoms with Gasteiger partial charge in [0.1, 0.15) is 0 Å². The molecule has 0 fully saturated rings. The van der Waals surface area contributed by atoms with Crippen LogP contribution in [0.2, 0.25) is 0 Å². The lowest BCUT2D eigenvalue weighted by molar-refractivity contribution is -0.139. The van der Waals surface area contributed by atoms with Gasteiger partial charge in [0.05, 0.1) is 0 Å². The van der Waals surface area contributed by atoms with Crippen molar-refractivity contribution in [1.29, 1.82) is 0 Å². The van der Waals surface area contributed by atoms with Crippen LogP contribution in [0.4, 0.5) is 0 Å². The van der Waals surface area contributed by atoms with Gasteiger partial charge in [-0.1, -0.05) is 135 Å². The summed E-state index contributed by atoms with van der Waals surface area (Å²) in [6.45, 7) is 2.27. The van der Waals surface area contributed by atoms with Crippen molar-refractivity contribution in [2.24, 2.45) is 0 Å². The minimum absolute atomic E-state index is 0.00788. The fourth-order valence-corrected chi connectivity index (χ4v) is 5.68. The minimum atomic E-state index is -1.14. The normalized spacial score (nSPS) is 11.5. The van der Waals surface area contributed by atoms with E-state index in [9.17, 15) is 19.2 Å². The number of carboxylic acids is 3. The molecule has 0 heterocycles. The summed E-state index contributed by atoms with van der Waals surface area (Å²) < 4.78 is 0. The van der Waals surface area contributed by atoms with E-state index in [4.69, 9.17) is 15.3 Å². The smallest absolute Gasteiger partial charge is 0.303 e. The topological polar surface area (TPSA) is 141 Å². The van der Waals surface area contributed by atoms with Gasteiger partial charge in [0.2, 0.25) is 5.91 Å². The molecule has 8 heteroatoms. The highest BCUT2D eigenvalue weighted by Crippen LogP contribution is 2.26. The Labute approximate surface area is 255 Å². The number of hydrogen-bond donors (Lipinski definition) is 4. The van der Waals surface area contributed by atoms with Crippen molar-refractivity contribution in [3.63, 3.8) is 0 Å². The average Bonchev–Trinajstić information content (AvgIpc) is 2.94. The molecule has 0 aliphatic carbocycles. The second kappa shape index (κ2) is 27.7. The Kier molecular flexibility index (Phi) is 26.3. The summed E-state index contributed by atoms with van der Waals surface area (Å²) in [4.78, 5) is 46.0. The van der Waals surface area contributed by atoms with Gasteiger partial charge in [0.25, 0.3) is 0 Å². The molecule has 0 bridgehead atoms. The van der Waals surface area contributed by atoms with Crippen LogP contribution in [0.15, 0.2) is 0 Å². The molecule has 0 aliphatic heterocycles. The number of hydrogen-bond acceptors (Lipinski definition) is 4. The third-order valence-corrected chi connectivity index (χ3v) is 8.36. The minimum Gasteiger partial charge on any atom is -0.481 e. The number of rotatable bonds is 32. The van der Waals surface area contributed by atoms with Gasteiger partial charge in [-0.2, -0.15) is 0 Å². The van der Waals surface area contributed by atoms with Crippen LogP contribution < -0.4 is 5.32 Å². The van der Waals surface area contributed by atoms with E-state index in [0.717, 1.165) is 19.3 Å². The van der Waals surface area contributed by atoms with Crippen LogP contribution >= 0.6 is 0 Å². The average molecular weight is 598 g/mol. The third-order valence-electron chi connectivity index (χ3n) is 8.36.